The first-order chi connectivity index (χ1) is 23.9. The van der Waals surface area contributed by atoms with Crippen molar-refractivity contribution in [2.24, 2.45) is 0 Å². The number of unbranched alkanes of at least 4 members (excludes halogenated alkanes) is 2. The smallest absolute Gasteiger partial charge is 0.411 e. The molecule has 1 saturated heterocycles. The van der Waals surface area contributed by atoms with E-state index in [1.165, 1.54) is 12.1 Å². The Hall–Kier alpha value is -4.91. The normalized spacial score (nSPS) is 14.3. The highest BCUT2D eigenvalue weighted by Crippen LogP contribution is 2.29. The number of pyridine rings is 1. The molecule has 0 bridgehead atoms. The summed E-state index contributed by atoms with van der Waals surface area (Å²) in [6.07, 6.45) is 2.74. The number of carbonyl (C=O) groups is 2. The largest absolute Gasteiger partial charge is 0.506 e. The fraction of sp³-hybridized carbons (Fsp3) is 0.378. The van der Waals surface area contributed by atoms with E-state index in [0.29, 0.717) is 48.3 Å². The maximum absolute atomic E-state index is 12.7. The Bertz CT molecular complexity index is 1720. The Balaban J connectivity index is 0.881. The summed E-state index contributed by atoms with van der Waals surface area (Å²) < 4.78 is 5.72. The van der Waals surface area contributed by atoms with E-state index in [4.69, 9.17) is 4.74 Å². The minimum Gasteiger partial charge on any atom is -0.506 e. The second-order valence-corrected chi connectivity index (χ2v) is 12.2. The highest BCUT2D eigenvalue weighted by Gasteiger charge is 2.23. The first kappa shape index (κ1) is 35.4. The van der Waals surface area contributed by atoms with Crippen molar-refractivity contribution in [3.05, 3.63) is 94.8 Å². The molecule has 1 aliphatic heterocycles. The molecule has 0 aliphatic carbocycles. The van der Waals surface area contributed by atoms with E-state index >= 15 is 0 Å². The molecule has 1 atom stereocenters. The van der Waals surface area contributed by atoms with Gasteiger partial charge in [0.15, 0.2) is 0 Å². The molecule has 0 radical (unpaired) electrons. The van der Waals surface area contributed by atoms with Crippen LogP contribution in [-0.4, -0.2) is 84.1 Å². The van der Waals surface area contributed by atoms with Gasteiger partial charge < -0.3 is 40.8 Å². The van der Waals surface area contributed by atoms with Gasteiger partial charge >= 0.3 is 12.1 Å². The van der Waals surface area contributed by atoms with Crippen LogP contribution in [0.3, 0.4) is 0 Å². The minimum absolute atomic E-state index is 0.0356. The van der Waals surface area contributed by atoms with Crippen molar-refractivity contribution in [3.8, 4) is 16.9 Å². The number of phenolic OH excluding ortho intramolecular Hbond substituents is 1. The van der Waals surface area contributed by atoms with Gasteiger partial charge in [0.1, 0.15) is 11.9 Å². The standard InChI is InChI=1S/C37H46N6O6/c44-32-15-13-29(30-14-16-34(46)42-35(30)32)33(45)25-38-19-7-2-8-20-39-36(47)40-21-24-43-22-17-27(18-23-43)49-37(48)41-31-12-6-5-11-28(31)26-9-3-1-4-10-26/h1,3-6,9-16,27,33,38,44-45H,2,7-8,17-25H2,(H,41,48)(H,42,46)(H2,39,40,47)/t33-/m1/s1. The molecule has 0 saturated carbocycles. The van der Waals surface area contributed by atoms with Gasteiger partial charge in [-0.25, -0.2) is 9.59 Å². The predicted molar refractivity (Wildman–Crippen MR) is 191 cm³/mol. The van der Waals surface area contributed by atoms with Crippen molar-refractivity contribution in [3.63, 3.8) is 0 Å². The van der Waals surface area contributed by atoms with Gasteiger partial charge in [-0.05, 0) is 61.6 Å². The van der Waals surface area contributed by atoms with Gasteiger partial charge in [0.25, 0.3) is 0 Å². The van der Waals surface area contributed by atoms with E-state index in [-0.39, 0.29) is 23.4 Å². The number of carbonyl (C=O) groups excluding carboxylic acids is 2. The number of anilines is 1. The number of H-pyrrole nitrogens is 1. The number of fused-ring (bicyclic) bond motifs is 1. The molecule has 49 heavy (non-hydrogen) atoms. The second-order valence-electron chi connectivity index (χ2n) is 12.2. The van der Waals surface area contributed by atoms with Gasteiger partial charge in [-0.15, -0.1) is 0 Å². The predicted octanol–water partition coefficient (Wildman–Crippen LogP) is 4.71. The number of amides is 3. The monoisotopic (exact) mass is 670 g/mol. The number of ether oxygens (including phenoxy) is 1. The summed E-state index contributed by atoms with van der Waals surface area (Å²) in [5.74, 6) is -0.0356. The summed E-state index contributed by atoms with van der Waals surface area (Å²) in [6, 6.07) is 23.5. The molecule has 2 heterocycles. The highest BCUT2D eigenvalue weighted by molar-refractivity contribution is 5.91. The number of benzene rings is 3. The van der Waals surface area contributed by atoms with Crippen molar-refractivity contribution < 1.29 is 24.5 Å². The number of aromatic hydroxyl groups is 1. The molecule has 5 rings (SSSR count). The van der Waals surface area contributed by atoms with Crippen LogP contribution in [0.15, 0.2) is 83.7 Å². The molecule has 12 heteroatoms. The molecule has 260 valence electrons. The van der Waals surface area contributed by atoms with Crippen molar-refractivity contribution in [2.45, 2.75) is 44.3 Å². The summed E-state index contributed by atoms with van der Waals surface area (Å²) in [7, 11) is 0. The number of nitrogens with one attached hydrogen (secondary N) is 5. The van der Waals surface area contributed by atoms with Crippen LogP contribution < -0.4 is 26.8 Å². The van der Waals surface area contributed by atoms with Crippen LogP contribution in [0.25, 0.3) is 22.0 Å². The van der Waals surface area contributed by atoms with Crippen molar-refractivity contribution in [1.29, 1.82) is 0 Å². The molecule has 12 nitrogen and oxygen atoms in total. The highest BCUT2D eigenvalue weighted by atomic mass is 16.6. The topological polar surface area (TPSA) is 168 Å². The summed E-state index contributed by atoms with van der Waals surface area (Å²) in [4.78, 5) is 41.4. The van der Waals surface area contributed by atoms with E-state index < -0.39 is 12.2 Å². The maximum atomic E-state index is 12.7. The Morgan fingerprint density at radius 1 is 0.878 bits per heavy atom. The summed E-state index contributed by atoms with van der Waals surface area (Å²) in [6.45, 7) is 4.47. The van der Waals surface area contributed by atoms with Crippen molar-refractivity contribution >= 4 is 28.7 Å². The van der Waals surface area contributed by atoms with Gasteiger partial charge in [-0.1, -0.05) is 61.0 Å². The first-order valence-electron chi connectivity index (χ1n) is 17.0. The number of piperidine rings is 1. The fourth-order valence-electron chi connectivity index (χ4n) is 6.05. The van der Waals surface area contributed by atoms with Crippen molar-refractivity contribution in [1.82, 2.24) is 25.8 Å². The third-order valence-electron chi connectivity index (χ3n) is 8.69. The average Bonchev–Trinajstić information content (AvgIpc) is 3.11. The number of likely N-dealkylation sites (tertiary alicyclic amines) is 1. The fourth-order valence-corrected chi connectivity index (χ4v) is 6.05. The Labute approximate surface area is 285 Å². The zero-order chi connectivity index (χ0) is 34.4. The van der Waals surface area contributed by atoms with Crippen LogP contribution >= 0.6 is 0 Å². The zero-order valence-electron chi connectivity index (χ0n) is 27.6. The van der Waals surface area contributed by atoms with E-state index in [9.17, 15) is 24.6 Å². The first-order valence-corrected chi connectivity index (χ1v) is 17.0. The third kappa shape index (κ3) is 10.5. The third-order valence-corrected chi connectivity index (χ3v) is 8.69. The van der Waals surface area contributed by atoms with Gasteiger partial charge in [0, 0.05) is 56.3 Å². The number of para-hydroxylation sites is 1. The van der Waals surface area contributed by atoms with Crippen LogP contribution in [0.2, 0.25) is 0 Å². The molecule has 4 aromatic rings. The lowest BCUT2D eigenvalue weighted by Crippen LogP contribution is -2.44. The summed E-state index contributed by atoms with van der Waals surface area (Å²) in [5, 5.41) is 33.3. The van der Waals surface area contributed by atoms with Crippen LogP contribution in [0, 0.1) is 0 Å². The molecular weight excluding hydrogens is 624 g/mol. The lowest BCUT2D eigenvalue weighted by molar-refractivity contribution is 0.0594. The molecular formula is C37H46N6O6. The number of hydrogen-bond donors (Lipinski definition) is 7. The Morgan fingerprint density at radius 2 is 1.61 bits per heavy atom. The number of aromatic nitrogens is 1. The second kappa shape index (κ2) is 18.0. The lowest BCUT2D eigenvalue weighted by Gasteiger charge is -2.31. The number of rotatable bonds is 15. The summed E-state index contributed by atoms with van der Waals surface area (Å²) in [5.41, 5.74) is 3.31. The number of nitrogens with zero attached hydrogens (tertiary/aromatic N) is 1. The molecule has 3 aromatic carbocycles. The van der Waals surface area contributed by atoms with Gasteiger partial charge in [-0.3, -0.25) is 10.1 Å². The van der Waals surface area contributed by atoms with Crippen LogP contribution in [0.1, 0.15) is 43.8 Å². The van der Waals surface area contributed by atoms with Gasteiger partial charge in [0.2, 0.25) is 5.56 Å². The average molecular weight is 671 g/mol. The number of phenols is 1. The van der Waals surface area contributed by atoms with E-state index in [2.05, 4.69) is 31.2 Å². The van der Waals surface area contributed by atoms with Gasteiger partial charge in [0.05, 0.1) is 17.3 Å². The van der Waals surface area contributed by atoms with Crippen LogP contribution in [0.4, 0.5) is 15.3 Å². The number of urea groups is 1. The number of aliphatic hydroxyl groups excluding tert-OH is 1. The van der Waals surface area contributed by atoms with E-state index in [0.717, 1.165) is 62.9 Å². The lowest BCUT2D eigenvalue weighted by atomic mass is 10.0. The summed E-state index contributed by atoms with van der Waals surface area (Å²) >= 11 is 0. The molecule has 1 fully saturated rings. The van der Waals surface area contributed by atoms with E-state index in [1.807, 2.05) is 54.6 Å². The van der Waals surface area contributed by atoms with Gasteiger partial charge in [-0.2, -0.15) is 0 Å². The SMILES string of the molecule is O=C(NCCCCCNC[C@@H](O)c1ccc(O)c2[nH]c(=O)ccc12)NCCN1CCC(OC(=O)Nc2ccccc2-c2ccccc2)CC1. The number of aliphatic hydroxyl groups is 1. The molecule has 1 aliphatic rings. The molecule has 7 N–H and O–H groups in total. The molecule has 0 unspecified atom stereocenters. The zero-order valence-corrected chi connectivity index (χ0v) is 27.6. The van der Waals surface area contributed by atoms with Crippen LogP contribution in [-0.2, 0) is 4.74 Å². The molecule has 1 aromatic heterocycles. The molecule has 3 amide bonds. The molecule has 0 spiro atoms. The van der Waals surface area contributed by atoms with E-state index in [1.54, 1.807) is 12.1 Å². The Kier molecular flexibility index (Phi) is 13.0. The minimum atomic E-state index is -0.792. The number of aromatic amines is 1. The van der Waals surface area contributed by atoms with Crippen molar-refractivity contribution in [2.75, 3.05) is 51.1 Å². The maximum Gasteiger partial charge on any atom is 0.411 e. The number of hydrogen-bond acceptors (Lipinski definition) is 8. The van der Waals surface area contributed by atoms with Crippen LogP contribution in [0.5, 0.6) is 5.75 Å². The Morgan fingerprint density at radius 3 is 2.43 bits per heavy atom. The quantitative estimate of drug-likeness (QED) is 0.0893.